The number of piperidine rings is 1. The highest BCUT2D eigenvalue weighted by atomic mass is 32.1. The molecule has 1 aromatic carbocycles. The molecular formula is C26H38FN7OS. The summed E-state index contributed by atoms with van der Waals surface area (Å²) in [7, 11) is 1.86. The minimum atomic E-state index is -0.310. The third-order valence-electron chi connectivity index (χ3n) is 6.38. The van der Waals surface area contributed by atoms with Crippen LogP contribution in [0, 0.1) is 5.82 Å². The van der Waals surface area contributed by atoms with Crippen molar-refractivity contribution in [2.45, 2.75) is 65.0 Å². The number of amides is 1. The predicted molar refractivity (Wildman–Crippen MR) is 145 cm³/mol. The van der Waals surface area contributed by atoms with Gasteiger partial charge in [0.05, 0.1) is 6.54 Å². The summed E-state index contributed by atoms with van der Waals surface area (Å²) < 4.78 is 15.7. The molecule has 8 nitrogen and oxygen atoms in total. The highest BCUT2D eigenvalue weighted by molar-refractivity contribution is 7.20. The Bertz CT molecular complexity index is 1180. The Kier molecular flexibility index (Phi) is 8.14. The molecule has 0 bridgehead atoms. The maximum Gasteiger partial charge on any atom is 0.239 e. The smallest absolute Gasteiger partial charge is 0.239 e. The highest BCUT2D eigenvalue weighted by Crippen LogP contribution is 2.34. The van der Waals surface area contributed by atoms with Crippen molar-refractivity contribution in [3.8, 4) is 11.3 Å². The first-order valence-electron chi connectivity index (χ1n) is 12.8. The molecule has 10 heteroatoms. The molecule has 0 spiro atoms. The number of imidazole rings is 1. The number of likely N-dealkylation sites (tertiary alicyclic amines) is 1. The van der Waals surface area contributed by atoms with Gasteiger partial charge < -0.3 is 20.4 Å². The molecule has 0 unspecified atom stereocenters. The summed E-state index contributed by atoms with van der Waals surface area (Å²) in [6.45, 7) is 11.5. The molecule has 2 aromatic heterocycles. The van der Waals surface area contributed by atoms with E-state index in [0.29, 0.717) is 39.8 Å². The molecule has 36 heavy (non-hydrogen) atoms. The summed E-state index contributed by atoms with van der Waals surface area (Å²) in [5, 5.41) is 11.9. The lowest BCUT2D eigenvalue weighted by Crippen LogP contribution is -2.40. The number of nitrogens with one attached hydrogen (secondary N) is 2. The molecule has 4 rings (SSSR count). The van der Waals surface area contributed by atoms with E-state index in [-0.39, 0.29) is 23.8 Å². The molecular weight excluding hydrogens is 477 g/mol. The van der Waals surface area contributed by atoms with Gasteiger partial charge in [0.25, 0.3) is 0 Å². The number of nitrogens with zero attached hydrogens (tertiary/aromatic N) is 5. The van der Waals surface area contributed by atoms with Gasteiger partial charge in [-0.2, -0.15) is 4.52 Å². The SMILES string of the molecule is C[C@@H]1CCCCN1CCCNC(=O)CN(C)c1nn2c(NC(C)(C)C)c(-c3cccc(F)c3)nc2s1. The minimum absolute atomic E-state index is 0.0227. The molecule has 1 aliphatic rings. The molecule has 2 N–H and O–H groups in total. The third-order valence-corrected chi connectivity index (χ3v) is 7.40. The molecule has 1 fully saturated rings. The number of halogens is 1. The van der Waals surface area contributed by atoms with Crippen molar-refractivity contribution in [3.05, 3.63) is 30.1 Å². The maximum absolute atomic E-state index is 13.9. The Morgan fingerprint density at radius 1 is 1.31 bits per heavy atom. The van der Waals surface area contributed by atoms with E-state index in [0.717, 1.165) is 19.5 Å². The van der Waals surface area contributed by atoms with Crippen molar-refractivity contribution in [1.29, 1.82) is 0 Å². The standard InChI is InChI=1S/C26H38FN7OS/c1-18-10-6-7-14-33(18)15-9-13-28-21(35)17-32(5)25-31-34-23(30-26(2,3)4)22(29-24(34)36-25)19-11-8-12-20(27)16-19/h8,11-12,16,18,30H,6-7,9-10,13-15,17H2,1-5H3,(H,28,35)/t18-/m1/s1. The number of hydrogen-bond acceptors (Lipinski definition) is 7. The summed E-state index contributed by atoms with van der Waals surface area (Å²) >= 11 is 1.40. The molecule has 0 saturated carbocycles. The van der Waals surface area contributed by atoms with Crippen molar-refractivity contribution in [3.63, 3.8) is 0 Å². The van der Waals surface area contributed by atoms with Gasteiger partial charge in [0.1, 0.15) is 11.5 Å². The molecule has 1 amide bonds. The Hall–Kier alpha value is -2.72. The van der Waals surface area contributed by atoms with Gasteiger partial charge >= 0.3 is 0 Å². The predicted octanol–water partition coefficient (Wildman–Crippen LogP) is 4.62. The zero-order chi connectivity index (χ0) is 25.9. The molecule has 3 heterocycles. The zero-order valence-electron chi connectivity index (χ0n) is 22.0. The number of carbonyl (C=O) groups excluding carboxylic acids is 1. The first kappa shape index (κ1) is 26.3. The van der Waals surface area contributed by atoms with E-state index in [1.165, 1.54) is 42.7 Å². The van der Waals surface area contributed by atoms with Crippen LogP contribution in [0.1, 0.15) is 53.4 Å². The van der Waals surface area contributed by atoms with Gasteiger partial charge in [0.15, 0.2) is 5.82 Å². The second-order valence-electron chi connectivity index (χ2n) is 10.7. The van der Waals surface area contributed by atoms with Crippen LogP contribution in [0.2, 0.25) is 0 Å². The van der Waals surface area contributed by atoms with E-state index in [4.69, 9.17) is 10.1 Å². The molecule has 3 aromatic rings. The second kappa shape index (κ2) is 11.1. The number of anilines is 2. The molecule has 1 atom stereocenters. The highest BCUT2D eigenvalue weighted by Gasteiger charge is 2.24. The first-order valence-corrected chi connectivity index (χ1v) is 13.6. The lowest BCUT2D eigenvalue weighted by Gasteiger charge is -2.33. The largest absolute Gasteiger partial charge is 0.364 e. The molecule has 1 aliphatic heterocycles. The molecule has 1 saturated heterocycles. The Morgan fingerprint density at radius 3 is 2.83 bits per heavy atom. The summed E-state index contributed by atoms with van der Waals surface area (Å²) in [6, 6.07) is 7.06. The van der Waals surface area contributed by atoms with Crippen LogP contribution in [0.3, 0.4) is 0 Å². The van der Waals surface area contributed by atoms with E-state index in [1.807, 2.05) is 18.0 Å². The minimum Gasteiger partial charge on any atom is -0.364 e. The van der Waals surface area contributed by atoms with Crippen LogP contribution in [0.25, 0.3) is 16.2 Å². The Morgan fingerprint density at radius 2 is 2.11 bits per heavy atom. The Labute approximate surface area is 216 Å². The zero-order valence-corrected chi connectivity index (χ0v) is 22.8. The van der Waals surface area contributed by atoms with Crippen LogP contribution in [0.5, 0.6) is 0 Å². The second-order valence-corrected chi connectivity index (χ2v) is 11.6. The number of hydrogen-bond donors (Lipinski definition) is 2. The van der Waals surface area contributed by atoms with Crippen molar-refractivity contribution in [1.82, 2.24) is 24.8 Å². The number of carbonyl (C=O) groups is 1. The topological polar surface area (TPSA) is 77.8 Å². The van der Waals surface area contributed by atoms with Crippen LogP contribution in [-0.4, -0.2) is 70.2 Å². The quantitative estimate of drug-likeness (QED) is 0.405. The van der Waals surface area contributed by atoms with Crippen LogP contribution in [0.4, 0.5) is 15.3 Å². The van der Waals surface area contributed by atoms with Crippen molar-refractivity contribution in [2.75, 3.05) is 43.4 Å². The number of rotatable bonds is 9. The van der Waals surface area contributed by atoms with Gasteiger partial charge in [-0.3, -0.25) is 4.79 Å². The molecule has 0 aliphatic carbocycles. The summed E-state index contributed by atoms with van der Waals surface area (Å²) in [4.78, 5) is 22.4. The van der Waals surface area contributed by atoms with E-state index in [9.17, 15) is 9.18 Å². The maximum atomic E-state index is 13.9. The fourth-order valence-corrected chi connectivity index (χ4v) is 5.40. The van der Waals surface area contributed by atoms with Gasteiger partial charge in [0, 0.05) is 37.3 Å². The molecule has 0 radical (unpaired) electrons. The summed E-state index contributed by atoms with van der Waals surface area (Å²) in [6.07, 6.45) is 4.82. The summed E-state index contributed by atoms with van der Waals surface area (Å²) in [5.41, 5.74) is 1.09. The monoisotopic (exact) mass is 515 g/mol. The van der Waals surface area contributed by atoms with Gasteiger partial charge in [-0.05, 0) is 65.6 Å². The van der Waals surface area contributed by atoms with Gasteiger partial charge in [-0.1, -0.05) is 29.9 Å². The number of aromatic nitrogens is 3. The lowest BCUT2D eigenvalue weighted by atomic mass is 10.0. The normalized spacial score (nSPS) is 16.9. The fourth-order valence-electron chi connectivity index (χ4n) is 4.54. The molecule has 196 valence electrons. The van der Waals surface area contributed by atoms with E-state index >= 15 is 0 Å². The van der Waals surface area contributed by atoms with Crippen LogP contribution in [-0.2, 0) is 4.79 Å². The van der Waals surface area contributed by atoms with Crippen LogP contribution < -0.4 is 15.5 Å². The van der Waals surface area contributed by atoms with E-state index < -0.39 is 0 Å². The average molecular weight is 516 g/mol. The van der Waals surface area contributed by atoms with Crippen LogP contribution >= 0.6 is 11.3 Å². The first-order chi connectivity index (χ1) is 17.1. The number of benzene rings is 1. The van der Waals surface area contributed by atoms with E-state index in [1.54, 1.807) is 10.6 Å². The average Bonchev–Trinajstić information content (AvgIpc) is 3.36. The van der Waals surface area contributed by atoms with Crippen molar-refractivity contribution in [2.24, 2.45) is 0 Å². The van der Waals surface area contributed by atoms with Gasteiger partial charge in [-0.25, -0.2) is 9.37 Å². The fraction of sp³-hybridized carbons (Fsp3) is 0.577. The third kappa shape index (κ3) is 6.53. The van der Waals surface area contributed by atoms with Gasteiger partial charge in [-0.15, -0.1) is 5.10 Å². The number of likely N-dealkylation sites (N-methyl/N-ethyl adjacent to an activating group) is 1. The Balaban J connectivity index is 1.41. The van der Waals surface area contributed by atoms with Crippen molar-refractivity contribution < 1.29 is 9.18 Å². The van der Waals surface area contributed by atoms with Crippen LogP contribution in [0.15, 0.2) is 24.3 Å². The van der Waals surface area contributed by atoms with Gasteiger partial charge in [0.2, 0.25) is 16.0 Å². The van der Waals surface area contributed by atoms with Crippen molar-refractivity contribution >= 4 is 33.2 Å². The summed E-state index contributed by atoms with van der Waals surface area (Å²) in [5.74, 6) is 0.372. The lowest BCUT2D eigenvalue weighted by molar-refractivity contribution is -0.119. The number of fused-ring (bicyclic) bond motifs is 1. The van der Waals surface area contributed by atoms with E-state index in [2.05, 4.69) is 43.2 Å².